The zero-order valence-corrected chi connectivity index (χ0v) is 13.0. The molecule has 2 rings (SSSR count). The zero-order chi connectivity index (χ0) is 13.7. The monoisotopic (exact) mass is 339 g/mol. The molecule has 0 spiro atoms. The molecular formula is C15H15BrClNO. The van der Waals surface area contributed by atoms with Gasteiger partial charge in [0, 0.05) is 16.7 Å². The summed E-state index contributed by atoms with van der Waals surface area (Å²) in [7, 11) is 0. The van der Waals surface area contributed by atoms with Crippen LogP contribution in [0.2, 0.25) is 5.02 Å². The van der Waals surface area contributed by atoms with E-state index in [9.17, 15) is 0 Å². The summed E-state index contributed by atoms with van der Waals surface area (Å²) in [6, 6.07) is 13.9. The van der Waals surface area contributed by atoms with Gasteiger partial charge in [-0.25, -0.2) is 0 Å². The molecule has 2 nitrogen and oxygen atoms in total. The van der Waals surface area contributed by atoms with Crippen molar-refractivity contribution in [2.24, 2.45) is 0 Å². The molecule has 0 radical (unpaired) electrons. The zero-order valence-electron chi connectivity index (χ0n) is 10.6. The molecule has 2 aromatic rings. The van der Waals surface area contributed by atoms with Gasteiger partial charge >= 0.3 is 0 Å². The topological polar surface area (TPSA) is 21.3 Å². The minimum absolute atomic E-state index is 0.616. The van der Waals surface area contributed by atoms with Gasteiger partial charge in [0.2, 0.25) is 0 Å². The van der Waals surface area contributed by atoms with Crippen LogP contribution in [0.15, 0.2) is 46.9 Å². The molecule has 19 heavy (non-hydrogen) atoms. The first-order chi connectivity index (χ1) is 9.19. The normalized spacial score (nSPS) is 10.3. The first-order valence-corrected chi connectivity index (χ1v) is 7.27. The number of rotatable bonds is 5. The van der Waals surface area contributed by atoms with Gasteiger partial charge in [0.25, 0.3) is 0 Å². The molecule has 0 heterocycles. The molecule has 0 aromatic heterocycles. The van der Waals surface area contributed by atoms with Crippen LogP contribution in [-0.4, -0.2) is 6.61 Å². The van der Waals surface area contributed by atoms with Gasteiger partial charge in [-0.2, -0.15) is 0 Å². The highest BCUT2D eigenvalue weighted by molar-refractivity contribution is 9.10. The smallest absolute Gasteiger partial charge is 0.138 e. The fourth-order valence-corrected chi connectivity index (χ4v) is 2.19. The number of hydrogen-bond donors (Lipinski definition) is 1. The van der Waals surface area contributed by atoms with Gasteiger partial charge in [0.15, 0.2) is 0 Å². The average molecular weight is 341 g/mol. The predicted molar refractivity (Wildman–Crippen MR) is 84.1 cm³/mol. The summed E-state index contributed by atoms with van der Waals surface area (Å²) in [6.07, 6.45) is 0. The number of ether oxygens (including phenoxy) is 1. The molecule has 0 unspecified atom stereocenters. The van der Waals surface area contributed by atoms with Gasteiger partial charge in [-0.1, -0.05) is 39.7 Å². The van der Waals surface area contributed by atoms with E-state index in [1.165, 1.54) is 5.56 Å². The van der Waals surface area contributed by atoms with Crippen molar-refractivity contribution in [1.82, 2.24) is 0 Å². The van der Waals surface area contributed by atoms with E-state index in [-0.39, 0.29) is 0 Å². The first-order valence-electron chi connectivity index (χ1n) is 6.09. The Bertz CT molecular complexity index is 542. The van der Waals surface area contributed by atoms with Crippen LogP contribution < -0.4 is 10.1 Å². The summed E-state index contributed by atoms with van der Waals surface area (Å²) < 4.78 is 6.49. The molecule has 0 aliphatic carbocycles. The fourth-order valence-electron chi connectivity index (χ4n) is 1.69. The summed E-state index contributed by atoms with van der Waals surface area (Å²) in [5, 5.41) is 3.96. The molecule has 0 aliphatic rings. The Kier molecular flexibility index (Phi) is 5.11. The van der Waals surface area contributed by atoms with E-state index in [2.05, 4.69) is 33.4 Å². The van der Waals surface area contributed by atoms with E-state index < -0.39 is 0 Å². The molecule has 1 N–H and O–H groups in total. The van der Waals surface area contributed by atoms with Gasteiger partial charge in [0.1, 0.15) is 5.75 Å². The third kappa shape index (κ3) is 4.15. The molecule has 0 saturated heterocycles. The predicted octanol–water partition coefficient (Wildman–Crippen LogP) is 5.11. The highest BCUT2D eigenvalue weighted by atomic mass is 79.9. The lowest BCUT2D eigenvalue weighted by molar-refractivity contribution is 0.340. The summed E-state index contributed by atoms with van der Waals surface area (Å²) in [5.74, 6) is 0.721. The maximum absolute atomic E-state index is 6.14. The Morgan fingerprint density at radius 2 is 1.89 bits per heavy atom. The molecular weight excluding hydrogens is 326 g/mol. The second-order valence-corrected chi connectivity index (χ2v) is 5.38. The number of benzene rings is 2. The van der Waals surface area contributed by atoms with E-state index in [1.807, 2.05) is 37.3 Å². The maximum Gasteiger partial charge on any atom is 0.138 e. The average Bonchev–Trinajstić information content (AvgIpc) is 2.41. The van der Waals surface area contributed by atoms with Crippen LogP contribution >= 0.6 is 27.5 Å². The number of nitrogens with one attached hydrogen (secondary N) is 1. The molecule has 0 bridgehead atoms. The van der Waals surface area contributed by atoms with Crippen molar-refractivity contribution < 1.29 is 4.74 Å². The summed E-state index contributed by atoms with van der Waals surface area (Å²) in [4.78, 5) is 0. The lowest BCUT2D eigenvalue weighted by atomic mass is 10.2. The molecule has 2 aromatic carbocycles. The van der Waals surface area contributed by atoms with Crippen molar-refractivity contribution >= 4 is 33.2 Å². The van der Waals surface area contributed by atoms with E-state index in [0.717, 1.165) is 22.5 Å². The van der Waals surface area contributed by atoms with E-state index in [1.54, 1.807) is 0 Å². The van der Waals surface area contributed by atoms with E-state index >= 15 is 0 Å². The molecule has 0 aliphatic heterocycles. The van der Waals surface area contributed by atoms with Gasteiger partial charge in [-0.3, -0.25) is 0 Å². The standard InChI is InChI=1S/C15H15BrClNO/c1-2-19-15-8-7-13(9-14(15)17)18-10-11-3-5-12(16)6-4-11/h3-9,18H,2,10H2,1H3. The minimum atomic E-state index is 0.616. The van der Waals surface area contributed by atoms with Gasteiger partial charge in [0.05, 0.1) is 11.6 Å². The molecule has 0 atom stereocenters. The minimum Gasteiger partial charge on any atom is -0.492 e. The van der Waals surface area contributed by atoms with E-state index in [4.69, 9.17) is 16.3 Å². The Balaban J connectivity index is 1.99. The summed E-state index contributed by atoms with van der Waals surface area (Å²) in [5.41, 5.74) is 2.20. The Labute approximate surface area is 126 Å². The molecule has 0 amide bonds. The van der Waals surface area contributed by atoms with Crippen LogP contribution in [-0.2, 0) is 6.54 Å². The molecule has 0 saturated carbocycles. The second-order valence-electron chi connectivity index (χ2n) is 4.06. The summed E-state index contributed by atoms with van der Waals surface area (Å²) in [6.45, 7) is 3.32. The largest absolute Gasteiger partial charge is 0.492 e. The SMILES string of the molecule is CCOc1ccc(NCc2ccc(Br)cc2)cc1Cl. The van der Waals surface area contributed by atoms with Crippen molar-refractivity contribution in [2.75, 3.05) is 11.9 Å². The fraction of sp³-hybridized carbons (Fsp3) is 0.200. The van der Waals surface area contributed by atoms with Crippen LogP contribution in [0.25, 0.3) is 0 Å². The molecule has 0 fully saturated rings. The number of halogens is 2. The van der Waals surface area contributed by atoms with Crippen molar-refractivity contribution in [3.63, 3.8) is 0 Å². The Hall–Kier alpha value is -1.19. The third-order valence-electron chi connectivity index (χ3n) is 2.64. The van der Waals surface area contributed by atoms with Crippen LogP contribution in [0.5, 0.6) is 5.75 Å². The van der Waals surface area contributed by atoms with Gasteiger partial charge in [-0.15, -0.1) is 0 Å². The maximum atomic E-state index is 6.14. The lowest BCUT2D eigenvalue weighted by Crippen LogP contribution is -1.99. The Morgan fingerprint density at radius 1 is 1.16 bits per heavy atom. The molecule has 4 heteroatoms. The van der Waals surface area contributed by atoms with Gasteiger partial charge < -0.3 is 10.1 Å². The second kappa shape index (κ2) is 6.83. The summed E-state index contributed by atoms with van der Waals surface area (Å²) >= 11 is 9.56. The van der Waals surface area contributed by atoms with Crippen LogP contribution in [0.3, 0.4) is 0 Å². The van der Waals surface area contributed by atoms with Crippen molar-refractivity contribution in [2.45, 2.75) is 13.5 Å². The quantitative estimate of drug-likeness (QED) is 0.816. The van der Waals surface area contributed by atoms with Crippen LogP contribution in [0, 0.1) is 0 Å². The highest BCUT2D eigenvalue weighted by Crippen LogP contribution is 2.27. The van der Waals surface area contributed by atoms with Crippen molar-refractivity contribution in [3.05, 3.63) is 57.5 Å². The number of anilines is 1. The van der Waals surface area contributed by atoms with Crippen LogP contribution in [0.4, 0.5) is 5.69 Å². The van der Waals surface area contributed by atoms with Crippen molar-refractivity contribution in [3.8, 4) is 5.75 Å². The molecule has 100 valence electrons. The van der Waals surface area contributed by atoms with Crippen molar-refractivity contribution in [1.29, 1.82) is 0 Å². The van der Waals surface area contributed by atoms with E-state index in [0.29, 0.717) is 11.6 Å². The van der Waals surface area contributed by atoms with Crippen LogP contribution in [0.1, 0.15) is 12.5 Å². The third-order valence-corrected chi connectivity index (χ3v) is 3.47. The van der Waals surface area contributed by atoms with Gasteiger partial charge in [-0.05, 0) is 42.8 Å². The number of hydrogen-bond acceptors (Lipinski definition) is 2. The lowest BCUT2D eigenvalue weighted by Gasteiger charge is -2.10. The Morgan fingerprint density at radius 3 is 2.53 bits per heavy atom. The first kappa shape index (κ1) is 14.2. The highest BCUT2D eigenvalue weighted by Gasteiger charge is 2.02.